The molecule has 0 unspecified atom stereocenters. The fraction of sp³-hybridized carbons (Fsp3) is 0.188. The van der Waals surface area contributed by atoms with Gasteiger partial charge in [-0.25, -0.2) is 4.68 Å². The zero-order valence-corrected chi connectivity index (χ0v) is 14.5. The van der Waals surface area contributed by atoms with Gasteiger partial charge in [-0.2, -0.15) is 5.10 Å². The first-order chi connectivity index (χ1) is 11.5. The van der Waals surface area contributed by atoms with Gasteiger partial charge in [0.05, 0.1) is 28.5 Å². The number of hydrogen-bond acceptors (Lipinski definition) is 4. The molecule has 2 aromatic heterocycles. The maximum atomic E-state index is 12.4. The van der Waals surface area contributed by atoms with Crippen LogP contribution in [0.4, 0.5) is 5.82 Å². The molecular formula is C16H14Cl2N4O2. The van der Waals surface area contributed by atoms with Gasteiger partial charge in [0.25, 0.3) is 5.91 Å². The highest BCUT2D eigenvalue weighted by Gasteiger charge is 2.19. The lowest BCUT2D eigenvalue weighted by molar-refractivity contribution is 0.102. The number of benzene rings is 1. The number of nitrogens with one attached hydrogen (secondary N) is 1. The molecule has 0 radical (unpaired) electrons. The molecule has 6 nitrogen and oxygen atoms in total. The number of halogens is 2. The second-order valence-corrected chi connectivity index (χ2v) is 6.03. The molecule has 0 aliphatic heterocycles. The highest BCUT2D eigenvalue weighted by Crippen LogP contribution is 2.26. The van der Waals surface area contributed by atoms with Crippen molar-refractivity contribution in [3.63, 3.8) is 0 Å². The number of amides is 1. The molecule has 0 saturated carbocycles. The Bertz CT molecular complexity index is 882. The number of aromatic nitrogens is 3. The maximum Gasteiger partial charge on any atom is 0.262 e. The summed E-state index contributed by atoms with van der Waals surface area (Å²) in [6.45, 7) is 3.79. The SMILES string of the molecule is Cc1noc(C)c1C(=O)Nc1ccnn1Cc1cccc(Cl)c1Cl. The predicted molar refractivity (Wildman–Crippen MR) is 91.7 cm³/mol. The third kappa shape index (κ3) is 3.16. The third-order valence-corrected chi connectivity index (χ3v) is 4.43. The van der Waals surface area contributed by atoms with E-state index in [9.17, 15) is 4.79 Å². The second-order valence-electron chi connectivity index (χ2n) is 5.24. The summed E-state index contributed by atoms with van der Waals surface area (Å²) in [6, 6.07) is 7.09. The number of anilines is 1. The van der Waals surface area contributed by atoms with Crippen LogP contribution >= 0.6 is 23.2 Å². The molecule has 0 bridgehead atoms. The molecule has 8 heteroatoms. The molecular weight excluding hydrogens is 351 g/mol. The van der Waals surface area contributed by atoms with E-state index in [-0.39, 0.29) is 5.91 Å². The van der Waals surface area contributed by atoms with Crippen LogP contribution in [-0.2, 0) is 6.54 Å². The van der Waals surface area contributed by atoms with Crippen molar-refractivity contribution >= 4 is 34.9 Å². The summed E-state index contributed by atoms with van der Waals surface area (Å²) in [7, 11) is 0. The first kappa shape index (κ1) is 16.5. The van der Waals surface area contributed by atoms with E-state index in [1.54, 1.807) is 36.9 Å². The molecule has 0 aliphatic carbocycles. The fourth-order valence-electron chi connectivity index (χ4n) is 2.38. The van der Waals surface area contributed by atoms with E-state index in [0.29, 0.717) is 39.4 Å². The molecule has 1 N–H and O–H groups in total. The van der Waals surface area contributed by atoms with Crippen molar-refractivity contribution in [1.82, 2.24) is 14.9 Å². The lowest BCUT2D eigenvalue weighted by atomic mass is 10.2. The Morgan fingerprint density at radius 1 is 1.29 bits per heavy atom. The number of carbonyl (C=O) groups is 1. The Kier molecular flexibility index (Phi) is 4.59. The van der Waals surface area contributed by atoms with Gasteiger partial charge in [-0.1, -0.05) is 40.5 Å². The van der Waals surface area contributed by atoms with Crippen molar-refractivity contribution in [2.24, 2.45) is 0 Å². The summed E-state index contributed by atoms with van der Waals surface area (Å²) in [6.07, 6.45) is 1.60. The van der Waals surface area contributed by atoms with Gasteiger partial charge < -0.3 is 9.84 Å². The van der Waals surface area contributed by atoms with Crippen LogP contribution < -0.4 is 5.32 Å². The maximum absolute atomic E-state index is 12.4. The molecule has 3 rings (SSSR count). The van der Waals surface area contributed by atoms with E-state index in [0.717, 1.165) is 5.56 Å². The Hall–Kier alpha value is -2.31. The minimum absolute atomic E-state index is 0.301. The van der Waals surface area contributed by atoms with Crippen molar-refractivity contribution in [3.8, 4) is 0 Å². The van der Waals surface area contributed by atoms with E-state index in [4.69, 9.17) is 27.7 Å². The van der Waals surface area contributed by atoms with Gasteiger partial charge in [0.1, 0.15) is 17.1 Å². The quantitative estimate of drug-likeness (QED) is 0.756. The zero-order valence-electron chi connectivity index (χ0n) is 13.0. The van der Waals surface area contributed by atoms with E-state index in [1.807, 2.05) is 12.1 Å². The molecule has 0 atom stereocenters. The monoisotopic (exact) mass is 364 g/mol. The molecule has 24 heavy (non-hydrogen) atoms. The van der Waals surface area contributed by atoms with Gasteiger partial charge in [0.2, 0.25) is 0 Å². The Morgan fingerprint density at radius 3 is 2.79 bits per heavy atom. The van der Waals surface area contributed by atoms with E-state index < -0.39 is 0 Å². The van der Waals surface area contributed by atoms with E-state index in [2.05, 4.69) is 15.6 Å². The van der Waals surface area contributed by atoms with E-state index >= 15 is 0 Å². The predicted octanol–water partition coefficient (Wildman–Crippen LogP) is 4.10. The Labute approximate surface area is 148 Å². The van der Waals surface area contributed by atoms with Gasteiger partial charge in [-0.15, -0.1) is 0 Å². The topological polar surface area (TPSA) is 73.0 Å². The normalized spacial score (nSPS) is 10.8. The average molecular weight is 365 g/mol. The van der Waals surface area contributed by atoms with E-state index in [1.165, 1.54) is 0 Å². The van der Waals surface area contributed by atoms with Crippen LogP contribution in [0, 0.1) is 13.8 Å². The van der Waals surface area contributed by atoms with Gasteiger partial charge in [-0.05, 0) is 25.5 Å². The molecule has 0 fully saturated rings. The van der Waals surface area contributed by atoms with Crippen molar-refractivity contribution in [2.45, 2.75) is 20.4 Å². The third-order valence-electron chi connectivity index (χ3n) is 3.57. The highest BCUT2D eigenvalue weighted by atomic mass is 35.5. The largest absolute Gasteiger partial charge is 0.361 e. The minimum Gasteiger partial charge on any atom is -0.361 e. The minimum atomic E-state index is -0.301. The summed E-state index contributed by atoms with van der Waals surface area (Å²) in [4.78, 5) is 12.4. The molecule has 1 amide bonds. The number of hydrogen-bond donors (Lipinski definition) is 1. The smallest absolute Gasteiger partial charge is 0.262 e. The van der Waals surface area contributed by atoms with Crippen LogP contribution in [-0.4, -0.2) is 20.8 Å². The zero-order chi connectivity index (χ0) is 17.3. The molecule has 0 saturated heterocycles. The van der Waals surface area contributed by atoms with Crippen molar-refractivity contribution in [3.05, 3.63) is 63.1 Å². The van der Waals surface area contributed by atoms with Crippen LogP contribution in [0.2, 0.25) is 10.0 Å². The van der Waals surface area contributed by atoms with Crippen LogP contribution in [0.25, 0.3) is 0 Å². The first-order valence-electron chi connectivity index (χ1n) is 7.16. The first-order valence-corrected chi connectivity index (χ1v) is 7.92. The van der Waals surface area contributed by atoms with Gasteiger partial charge in [0.15, 0.2) is 0 Å². The second kappa shape index (κ2) is 6.67. The van der Waals surface area contributed by atoms with Crippen LogP contribution in [0.1, 0.15) is 27.4 Å². The van der Waals surface area contributed by atoms with Crippen molar-refractivity contribution in [2.75, 3.05) is 5.32 Å². The van der Waals surface area contributed by atoms with Gasteiger partial charge in [0, 0.05) is 6.07 Å². The van der Waals surface area contributed by atoms with Gasteiger partial charge in [-0.3, -0.25) is 4.79 Å². The lowest BCUT2D eigenvalue weighted by Crippen LogP contribution is -2.17. The van der Waals surface area contributed by atoms with Crippen LogP contribution in [0.3, 0.4) is 0 Å². The van der Waals surface area contributed by atoms with Crippen LogP contribution in [0.15, 0.2) is 35.0 Å². The summed E-state index contributed by atoms with van der Waals surface area (Å²) in [5.74, 6) is 0.704. The number of carbonyl (C=O) groups excluding carboxylic acids is 1. The molecule has 2 heterocycles. The number of nitrogens with zero attached hydrogens (tertiary/aromatic N) is 3. The molecule has 3 aromatic rings. The summed E-state index contributed by atoms with van der Waals surface area (Å²) < 4.78 is 6.66. The standard InChI is InChI=1S/C16H14Cl2N4O2/c1-9-14(10(2)24-21-9)16(23)20-13-6-7-19-22(13)8-11-4-3-5-12(17)15(11)18/h3-7H,8H2,1-2H3,(H,20,23). The Balaban J connectivity index is 1.83. The summed E-state index contributed by atoms with van der Waals surface area (Å²) >= 11 is 12.2. The molecule has 1 aromatic carbocycles. The lowest BCUT2D eigenvalue weighted by Gasteiger charge is -2.10. The molecule has 0 spiro atoms. The highest BCUT2D eigenvalue weighted by molar-refractivity contribution is 6.42. The Morgan fingerprint density at radius 2 is 2.08 bits per heavy atom. The van der Waals surface area contributed by atoms with Gasteiger partial charge >= 0.3 is 0 Å². The summed E-state index contributed by atoms with van der Waals surface area (Å²) in [5, 5.41) is 11.8. The fourth-order valence-corrected chi connectivity index (χ4v) is 2.76. The molecule has 124 valence electrons. The number of aryl methyl sites for hydroxylation is 2. The van der Waals surface area contributed by atoms with Crippen molar-refractivity contribution in [1.29, 1.82) is 0 Å². The van der Waals surface area contributed by atoms with Crippen LogP contribution in [0.5, 0.6) is 0 Å². The number of rotatable bonds is 4. The van der Waals surface area contributed by atoms with Crippen molar-refractivity contribution < 1.29 is 9.32 Å². The summed E-state index contributed by atoms with van der Waals surface area (Å²) in [5.41, 5.74) is 1.76. The molecule has 0 aliphatic rings. The average Bonchev–Trinajstić information content (AvgIpc) is 3.10.